The smallest absolute Gasteiger partial charge is 0.348 e. The molecule has 0 aliphatic carbocycles. The molecule has 0 saturated carbocycles. The number of aromatic nitrogens is 2. The zero-order valence-electron chi connectivity index (χ0n) is 19.8. The highest BCUT2D eigenvalue weighted by molar-refractivity contribution is 7.20. The second-order valence-corrected chi connectivity index (χ2v) is 9.00. The van der Waals surface area contributed by atoms with Crippen LogP contribution in [0, 0.1) is 13.8 Å². The molecule has 1 fully saturated rings. The lowest BCUT2D eigenvalue weighted by molar-refractivity contribution is 0.0531. The number of piperazine rings is 1. The average Bonchev–Trinajstić information content (AvgIpc) is 3.15. The van der Waals surface area contributed by atoms with Crippen LogP contribution < -0.4 is 14.4 Å². The number of anilines is 1. The molecule has 8 nitrogen and oxygen atoms in total. The van der Waals surface area contributed by atoms with Gasteiger partial charge in [0.25, 0.3) is 0 Å². The van der Waals surface area contributed by atoms with Crippen LogP contribution >= 0.6 is 11.3 Å². The summed E-state index contributed by atoms with van der Waals surface area (Å²) in [6, 6.07) is 6.07. The maximum Gasteiger partial charge on any atom is 0.348 e. The Kier molecular flexibility index (Phi) is 6.99. The minimum Gasteiger partial charge on any atom is -0.493 e. The number of ether oxygens (including phenoxy) is 3. The van der Waals surface area contributed by atoms with Gasteiger partial charge in [-0.2, -0.15) is 0 Å². The summed E-state index contributed by atoms with van der Waals surface area (Å²) in [5.41, 5.74) is 2.09. The summed E-state index contributed by atoms with van der Waals surface area (Å²) in [7, 11) is 3.30. The van der Waals surface area contributed by atoms with Crippen molar-refractivity contribution in [2.45, 2.75) is 27.3 Å². The Morgan fingerprint density at radius 1 is 1.06 bits per heavy atom. The Morgan fingerprint density at radius 2 is 1.79 bits per heavy atom. The first-order valence-electron chi connectivity index (χ1n) is 11.1. The summed E-state index contributed by atoms with van der Waals surface area (Å²) in [4.78, 5) is 28.0. The summed E-state index contributed by atoms with van der Waals surface area (Å²) < 4.78 is 16.0. The number of esters is 1. The lowest BCUT2D eigenvalue weighted by Crippen LogP contribution is -2.46. The van der Waals surface area contributed by atoms with E-state index >= 15 is 0 Å². The Hall–Kier alpha value is -2.91. The molecule has 3 aromatic rings. The molecule has 0 N–H and O–H groups in total. The molecule has 0 amide bonds. The highest BCUT2D eigenvalue weighted by Crippen LogP contribution is 2.36. The summed E-state index contributed by atoms with van der Waals surface area (Å²) in [5.74, 6) is 2.82. The molecule has 33 heavy (non-hydrogen) atoms. The van der Waals surface area contributed by atoms with E-state index in [0.29, 0.717) is 17.3 Å². The molecule has 0 atom stereocenters. The van der Waals surface area contributed by atoms with Crippen LogP contribution in [0.25, 0.3) is 10.2 Å². The highest BCUT2D eigenvalue weighted by Gasteiger charge is 2.25. The molecular weight excluding hydrogens is 440 g/mol. The van der Waals surface area contributed by atoms with Crippen LogP contribution in [0.4, 0.5) is 5.82 Å². The number of hydrogen-bond donors (Lipinski definition) is 0. The van der Waals surface area contributed by atoms with Crippen LogP contribution in [-0.2, 0) is 11.3 Å². The van der Waals surface area contributed by atoms with E-state index in [9.17, 15) is 4.79 Å². The van der Waals surface area contributed by atoms with Crippen molar-refractivity contribution in [2.75, 3.05) is 51.9 Å². The van der Waals surface area contributed by atoms with Gasteiger partial charge in [-0.05, 0) is 44.0 Å². The van der Waals surface area contributed by atoms with Crippen LogP contribution in [0.2, 0.25) is 0 Å². The minimum absolute atomic E-state index is 0.290. The normalized spacial score (nSPS) is 14.5. The van der Waals surface area contributed by atoms with E-state index in [1.165, 1.54) is 16.9 Å². The fraction of sp³-hybridized carbons (Fsp3) is 0.458. The Morgan fingerprint density at radius 3 is 2.45 bits per heavy atom. The van der Waals surface area contributed by atoms with E-state index in [2.05, 4.69) is 20.9 Å². The number of carbonyl (C=O) groups is 1. The monoisotopic (exact) mass is 470 g/mol. The lowest BCUT2D eigenvalue weighted by atomic mass is 10.1. The van der Waals surface area contributed by atoms with Gasteiger partial charge in [-0.3, -0.25) is 4.90 Å². The molecule has 0 radical (unpaired) electrons. The molecule has 1 saturated heterocycles. The van der Waals surface area contributed by atoms with E-state index in [0.717, 1.165) is 65.8 Å². The van der Waals surface area contributed by atoms with Crippen molar-refractivity contribution in [2.24, 2.45) is 0 Å². The van der Waals surface area contributed by atoms with E-state index in [4.69, 9.17) is 19.2 Å². The van der Waals surface area contributed by atoms with Crippen molar-refractivity contribution in [1.29, 1.82) is 0 Å². The summed E-state index contributed by atoms with van der Waals surface area (Å²) in [6.45, 7) is 10.4. The van der Waals surface area contributed by atoms with Gasteiger partial charge in [0.15, 0.2) is 11.5 Å². The van der Waals surface area contributed by atoms with E-state index < -0.39 is 0 Å². The second kappa shape index (κ2) is 9.93. The first kappa shape index (κ1) is 23.3. The van der Waals surface area contributed by atoms with Gasteiger partial charge in [0.1, 0.15) is 21.3 Å². The van der Waals surface area contributed by atoms with Crippen molar-refractivity contribution >= 4 is 33.3 Å². The summed E-state index contributed by atoms with van der Waals surface area (Å²) in [6.07, 6.45) is 0. The lowest BCUT2D eigenvalue weighted by Gasteiger charge is -2.36. The second-order valence-electron chi connectivity index (χ2n) is 8.00. The molecule has 4 rings (SSSR count). The molecule has 0 unspecified atom stereocenters. The van der Waals surface area contributed by atoms with Crippen molar-refractivity contribution in [1.82, 2.24) is 14.9 Å². The Labute approximate surface area is 198 Å². The third kappa shape index (κ3) is 4.74. The Balaban J connectivity index is 1.52. The van der Waals surface area contributed by atoms with Gasteiger partial charge >= 0.3 is 5.97 Å². The standard InChI is InChI=1S/C24H30N4O4S/c1-6-32-24(29)21-15(2)20-22(25-16(3)26-23(20)33-21)28-11-9-27(10-12-28)14-17-7-8-18(30-4)19(13-17)31-5/h7-8,13H,6,9-12,14H2,1-5H3. The topological polar surface area (TPSA) is 77.0 Å². The van der Waals surface area contributed by atoms with Gasteiger partial charge in [-0.25, -0.2) is 14.8 Å². The first-order valence-corrected chi connectivity index (χ1v) is 11.9. The van der Waals surface area contributed by atoms with Crippen molar-refractivity contribution in [3.05, 3.63) is 40.0 Å². The number of aryl methyl sites for hydroxylation is 2. The summed E-state index contributed by atoms with van der Waals surface area (Å²) in [5, 5.41) is 0.960. The molecule has 3 heterocycles. The number of methoxy groups -OCH3 is 2. The maximum absolute atomic E-state index is 12.4. The number of carbonyl (C=O) groups excluding carboxylic acids is 1. The van der Waals surface area contributed by atoms with Crippen molar-refractivity contribution in [3.8, 4) is 11.5 Å². The molecule has 1 aromatic carbocycles. The van der Waals surface area contributed by atoms with Gasteiger partial charge in [0.2, 0.25) is 0 Å². The molecule has 0 bridgehead atoms. The first-order chi connectivity index (χ1) is 15.9. The molecule has 2 aromatic heterocycles. The molecule has 176 valence electrons. The molecule has 1 aliphatic rings. The molecule has 9 heteroatoms. The van der Waals surface area contributed by atoms with E-state index in [-0.39, 0.29) is 5.97 Å². The van der Waals surface area contributed by atoms with E-state index in [1.54, 1.807) is 14.2 Å². The number of nitrogens with zero attached hydrogens (tertiary/aromatic N) is 4. The molecular formula is C24H30N4O4S. The van der Waals surface area contributed by atoms with Gasteiger partial charge in [0, 0.05) is 32.7 Å². The van der Waals surface area contributed by atoms with Crippen LogP contribution in [0.5, 0.6) is 11.5 Å². The third-order valence-electron chi connectivity index (χ3n) is 5.87. The van der Waals surface area contributed by atoms with Gasteiger partial charge < -0.3 is 19.1 Å². The zero-order chi connectivity index (χ0) is 23.5. The van der Waals surface area contributed by atoms with Crippen LogP contribution in [0.15, 0.2) is 18.2 Å². The number of rotatable bonds is 7. The van der Waals surface area contributed by atoms with Gasteiger partial charge in [0.05, 0.1) is 26.2 Å². The number of hydrogen-bond acceptors (Lipinski definition) is 9. The van der Waals surface area contributed by atoms with Crippen LogP contribution in [-0.4, -0.2) is 67.8 Å². The quantitative estimate of drug-likeness (QED) is 0.483. The average molecular weight is 471 g/mol. The fourth-order valence-corrected chi connectivity index (χ4v) is 5.31. The van der Waals surface area contributed by atoms with Crippen molar-refractivity contribution < 1.29 is 19.0 Å². The van der Waals surface area contributed by atoms with Crippen LogP contribution in [0.1, 0.15) is 33.5 Å². The van der Waals surface area contributed by atoms with Gasteiger partial charge in [-0.15, -0.1) is 11.3 Å². The van der Waals surface area contributed by atoms with Crippen molar-refractivity contribution in [3.63, 3.8) is 0 Å². The highest BCUT2D eigenvalue weighted by atomic mass is 32.1. The predicted octanol–water partition coefficient (Wildman–Crippen LogP) is 3.82. The fourth-order valence-electron chi connectivity index (χ4n) is 4.20. The molecule has 0 spiro atoms. The third-order valence-corrected chi connectivity index (χ3v) is 7.04. The number of fused-ring (bicyclic) bond motifs is 1. The number of thiophene rings is 1. The predicted molar refractivity (Wildman–Crippen MR) is 130 cm³/mol. The Bertz CT molecular complexity index is 1160. The number of benzene rings is 1. The summed E-state index contributed by atoms with van der Waals surface area (Å²) >= 11 is 1.39. The molecule has 1 aliphatic heterocycles. The largest absolute Gasteiger partial charge is 0.493 e. The van der Waals surface area contributed by atoms with E-state index in [1.807, 2.05) is 32.9 Å². The zero-order valence-corrected chi connectivity index (χ0v) is 20.6. The SMILES string of the molecule is CCOC(=O)c1sc2nc(C)nc(N3CCN(Cc4ccc(OC)c(OC)c4)CC3)c2c1C. The minimum atomic E-state index is -0.290. The van der Waals surface area contributed by atoms with Crippen LogP contribution in [0.3, 0.4) is 0 Å². The maximum atomic E-state index is 12.4. The van der Waals surface area contributed by atoms with Gasteiger partial charge in [-0.1, -0.05) is 6.07 Å².